The van der Waals surface area contributed by atoms with Crippen molar-refractivity contribution in [1.82, 2.24) is 25.3 Å². The molecule has 1 fully saturated rings. The summed E-state index contributed by atoms with van der Waals surface area (Å²) < 4.78 is 11.9. The molecular weight excluding hydrogens is 388 g/mol. The number of nitrogens with one attached hydrogen (secondary N) is 1. The first-order chi connectivity index (χ1) is 14.5. The lowest BCUT2D eigenvalue weighted by Crippen LogP contribution is -2.36. The molecule has 2 aromatic heterocycles. The zero-order chi connectivity index (χ0) is 21.5. The van der Waals surface area contributed by atoms with E-state index in [2.05, 4.69) is 25.5 Å². The molecule has 2 aromatic rings. The topological polar surface area (TPSA) is 111 Å². The molecular formula is C20H28N6O4. The average molecular weight is 416 g/mol. The minimum absolute atomic E-state index is 0.116. The van der Waals surface area contributed by atoms with Crippen LogP contribution >= 0.6 is 0 Å². The van der Waals surface area contributed by atoms with Crippen molar-refractivity contribution in [2.45, 2.75) is 33.6 Å². The minimum Gasteiger partial charge on any atom is -0.465 e. The lowest BCUT2D eigenvalue weighted by molar-refractivity contribution is -0.143. The normalized spacial score (nSPS) is 13.9. The van der Waals surface area contributed by atoms with Crippen LogP contribution in [-0.2, 0) is 25.5 Å². The third-order valence-electron chi connectivity index (χ3n) is 4.97. The standard InChI is InChI=1S/C20H28N6O4/c1-4-30-20(28)13-21-19(27)8-5-16-14(2)24-26(15(16)3)18-7-6-17(22-23-18)25-9-11-29-12-10-25/h6-7H,4-5,8-13H2,1-3H3,(H,21,27). The summed E-state index contributed by atoms with van der Waals surface area (Å²) in [5, 5.41) is 15.8. The van der Waals surface area contributed by atoms with Crippen LogP contribution in [0.3, 0.4) is 0 Å². The third kappa shape index (κ3) is 5.32. The fourth-order valence-corrected chi connectivity index (χ4v) is 3.36. The fourth-order valence-electron chi connectivity index (χ4n) is 3.36. The molecule has 30 heavy (non-hydrogen) atoms. The van der Waals surface area contributed by atoms with Gasteiger partial charge in [0.25, 0.3) is 0 Å². The van der Waals surface area contributed by atoms with Crippen molar-refractivity contribution >= 4 is 17.7 Å². The van der Waals surface area contributed by atoms with Crippen molar-refractivity contribution in [3.05, 3.63) is 29.1 Å². The lowest BCUT2D eigenvalue weighted by Gasteiger charge is -2.27. The molecule has 1 saturated heterocycles. The van der Waals surface area contributed by atoms with E-state index in [1.54, 1.807) is 11.6 Å². The predicted molar refractivity (Wildman–Crippen MR) is 110 cm³/mol. The summed E-state index contributed by atoms with van der Waals surface area (Å²) in [5.41, 5.74) is 2.74. The van der Waals surface area contributed by atoms with Crippen molar-refractivity contribution < 1.29 is 19.1 Å². The number of nitrogens with zero attached hydrogens (tertiary/aromatic N) is 5. The van der Waals surface area contributed by atoms with Gasteiger partial charge in [0.05, 0.1) is 25.5 Å². The Bertz CT molecular complexity index is 874. The Balaban J connectivity index is 1.62. The Hall–Kier alpha value is -3.01. The van der Waals surface area contributed by atoms with Gasteiger partial charge in [-0.3, -0.25) is 9.59 Å². The van der Waals surface area contributed by atoms with E-state index < -0.39 is 5.97 Å². The van der Waals surface area contributed by atoms with E-state index >= 15 is 0 Å². The van der Waals surface area contributed by atoms with Gasteiger partial charge in [0, 0.05) is 25.2 Å². The first kappa shape index (κ1) is 21.7. The second-order valence-electron chi connectivity index (χ2n) is 6.99. The number of hydrogen-bond acceptors (Lipinski definition) is 8. The summed E-state index contributed by atoms with van der Waals surface area (Å²) >= 11 is 0. The summed E-state index contributed by atoms with van der Waals surface area (Å²) in [7, 11) is 0. The lowest BCUT2D eigenvalue weighted by atomic mass is 10.1. The van der Waals surface area contributed by atoms with E-state index in [1.807, 2.05) is 26.0 Å². The third-order valence-corrected chi connectivity index (χ3v) is 4.97. The maximum Gasteiger partial charge on any atom is 0.325 e. The molecule has 0 atom stereocenters. The predicted octanol–water partition coefficient (Wildman–Crippen LogP) is 0.728. The number of ether oxygens (including phenoxy) is 2. The molecule has 3 heterocycles. The highest BCUT2D eigenvalue weighted by Crippen LogP contribution is 2.19. The Morgan fingerprint density at radius 2 is 1.87 bits per heavy atom. The highest BCUT2D eigenvalue weighted by atomic mass is 16.5. The van der Waals surface area contributed by atoms with Crippen molar-refractivity contribution in [1.29, 1.82) is 0 Å². The smallest absolute Gasteiger partial charge is 0.325 e. The van der Waals surface area contributed by atoms with Crippen molar-refractivity contribution in [3.63, 3.8) is 0 Å². The molecule has 162 valence electrons. The molecule has 1 aliphatic rings. The molecule has 10 heteroatoms. The van der Waals surface area contributed by atoms with Crippen LogP contribution in [0.1, 0.15) is 30.3 Å². The summed E-state index contributed by atoms with van der Waals surface area (Å²) in [6, 6.07) is 3.83. The molecule has 1 amide bonds. The van der Waals surface area contributed by atoms with Crippen LogP contribution in [0.15, 0.2) is 12.1 Å². The van der Waals surface area contributed by atoms with Crippen LogP contribution in [-0.4, -0.2) is 71.3 Å². The summed E-state index contributed by atoms with van der Waals surface area (Å²) in [4.78, 5) is 25.5. The number of hydrogen-bond donors (Lipinski definition) is 1. The molecule has 3 rings (SSSR count). The molecule has 0 spiro atoms. The highest BCUT2D eigenvalue weighted by Gasteiger charge is 2.17. The Kier molecular flexibility index (Phi) is 7.34. The highest BCUT2D eigenvalue weighted by molar-refractivity contribution is 5.82. The first-order valence-electron chi connectivity index (χ1n) is 10.1. The molecule has 0 bridgehead atoms. The summed E-state index contributed by atoms with van der Waals surface area (Å²) in [5.74, 6) is 0.807. The quantitative estimate of drug-likeness (QED) is 0.627. The van der Waals surface area contributed by atoms with Gasteiger partial charge in [-0.1, -0.05) is 0 Å². The van der Waals surface area contributed by atoms with E-state index in [4.69, 9.17) is 9.47 Å². The average Bonchev–Trinajstić information content (AvgIpc) is 3.05. The van der Waals surface area contributed by atoms with Crippen molar-refractivity contribution in [2.75, 3.05) is 44.4 Å². The van der Waals surface area contributed by atoms with Gasteiger partial charge in [-0.25, -0.2) is 4.68 Å². The van der Waals surface area contributed by atoms with E-state index in [-0.39, 0.29) is 18.9 Å². The van der Waals surface area contributed by atoms with E-state index in [0.717, 1.165) is 35.9 Å². The Morgan fingerprint density at radius 1 is 1.17 bits per heavy atom. The summed E-state index contributed by atoms with van der Waals surface area (Å²) in [6.45, 7) is 8.75. The number of carbonyl (C=O) groups excluding carboxylic acids is 2. The van der Waals surface area contributed by atoms with Crippen LogP contribution in [0.5, 0.6) is 0 Å². The number of amides is 1. The van der Waals surface area contributed by atoms with Gasteiger partial charge in [0.15, 0.2) is 11.6 Å². The zero-order valence-corrected chi connectivity index (χ0v) is 17.7. The van der Waals surface area contributed by atoms with Crippen molar-refractivity contribution in [2.24, 2.45) is 0 Å². The zero-order valence-electron chi connectivity index (χ0n) is 17.7. The number of rotatable bonds is 8. The van der Waals surface area contributed by atoms with Crippen LogP contribution in [0, 0.1) is 13.8 Å². The number of aromatic nitrogens is 4. The first-order valence-corrected chi connectivity index (χ1v) is 10.1. The molecule has 10 nitrogen and oxygen atoms in total. The number of aryl methyl sites for hydroxylation is 1. The van der Waals surface area contributed by atoms with Crippen LogP contribution in [0.2, 0.25) is 0 Å². The maximum absolute atomic E-state index is 12.0. The fraction of sp³-hybridized carbons (Fsp3) is 0.550. The van der Waals surface area contributed by atoms with Crippen molar-refractivity contribution in [3.8, 4) is 5.82 Å². The Labute approximate surface area is 175 Å². The van der Waals surface area contributed by atoms with Gasteiger partial charge in [-0.15, -0.1) is 10.2 Å². The molecule has 1 aliphatic heterocycles. The largest absolute Gasteiger partial charge is 0.465 e. The second-order valence-corrected chi connectivity index (χ2v) is 6.99. The van der Waals surface area contributed by atoms with Crippen LogP contribution < -0.4 is 10.2 Å². The molecule has 0 radical (unpaired) electrons. The summed E-state index contributed by atoms with van der Waals surface area (Å²) in [6.07, 6.45) is 0.778. The Morgan fingerprint density at radius 3 is 2.53 bits per heavy atom. The van der Waals surface area contributed by atoms with Crippen LogP contribution in [0.25, 0.3) is 5.82 Å². The van der Waals surface area contributed by atoms with Gasteiger partial charge < -0.3 is 19.7 Å². The van der Waals surface area contributed by atoms with Gasteiger partial charge in [-0.2, -0.15) is 5.10 Å². The SMILES string of the molecule is CCOC(=O)CNC(=O)CCc1c(C)nn(-c2ccc(N3CCOCC3)nn2)c1C. The molecule has 0 unspecified atom stereocenters. The van der Waals surface area contributed by atoms with E-state index in [0.29, 0.717) is 32.1 Å². The monoisotopic (exact) mass is 416 g/mol. The molecule has 0 aliphatic carbocycles. The number of anilines is 1. The number of esters is 1. The van der Waals surface area contributed by atoms with Gasteiger partial charge >= 0.3 is 5.97 Å². The molecule has 1 N–H and O–H groups in total. The number of morpholine rings is 1. The van der Waals surface area contributed by atoms with Gasteiger partial charge in [0.1, 0.15) is 6.54 Å². The maximum atomic E-state index is 12.0. The van der Waals surface area contributed by atoms with Crippen LogP contribution in [0.4, 0.5) is 5.82 Å². The second kappa shape index (κ2) is 10.1. The molecule has 0 saturated carbocycles. The van der Waals surface area contributed by atoms with E-state index in [1.165, 1.54) is 0 Å². The van der Waals surface area contributed by atoms with Gasteiger partial charge in [-0.05, 0) is 44.9 Å². The van der Waals surface area contributed by atoms with Gasteiger partial charge in [0.2, 0.25) is 5.91 Å². The minimum atomic E-state index is -0.440. The number of carbonyl (C=O) groups is 2. The van der Waals surface area contributed by atoms with E-state index in [9.17, 15) is 9.59 Å². The molecule has 0 aromatic carbocycles.